The zero-order valence-corrected chi connectivity index (χ0v) is 12.2. The monoisotopic (exact) mass is 270 g/mol. The van der Waals surface area contributed by atoms with Crippen LogP contribution in [0.4, 0.5) is 0 Å². The third-order valence-corrected chi connectivity index (χ3v) is 3.93. The molecule has 102 valence electrons. The maximum absolute atomic E-state index is 12.0. The molecule has 0 amide bonds. The van der Waals surface area contributed by atoms with Gasteiger partial charge in [0.15, 0.2) is 0 Å². The molecule has 0 heterocycles. The number of benzene rings is 1. The first-order chi connectivity index (χ1) is 8.12. The summed E-state index contributed by atoms with van der Waals surface area (Å²) in [6, 6.07) is 6.57. The highest BCUT2D eigenvalue weighted by Gasteiger charge is 2.18. The lowest BCUT2D eigenvalue weighted by molar-refractivity contribution is 0.407. The molecule has 0 radical (unpaired) electrons. The van der Waals surface area contributed by atoms with Crippen molar-refractivity contribution in [1.82, 2.24) is 4.72 Å². The maximum atomic E-state index is 12.0. The van der Waals surface area contributed by atoms with E-state index in [1.807, 2.05) is 27.7 Å². The first kappa shape index (κ1) is 15.1. The molecule has 1 aromatic rings. The van der Waals surface area contributed by atoms with Gasteiger partial charge in [-0.3, -0.25) is 0 Å². The normalized spacial score (nSPS) is 14.5. The molecular formula is C13H22N2O2S. The Morgan fingerprint density at radius 2 is 1.72 bits per heavy atom. The van der Waals surface area contributed by atoms with Gasteiger partial charge in [0.05, 0.1) is 4.90 Å². The number of rotatable bonds is 4. The van der Waals surface area contributed by atoms with E-state index in [1.54, 1.807) is 24.3 Å². The van der Waals surface area contributed by atoms with Gasteiger partial charge in [-0.05, 0) is 30.0 Å². The number of hydrogen-bond donors (Lipinski definition) is 2. The van der Waals surface area contributed by atoms with Crippen molar-refractivity contribution in [3.63, 3.8) is 0 Å². The number of nitrogens with one attached hydrogen (secondary N) is 1. The lowest BCUT2D eigenvalue weighted by Gasteiger charge is -2.18. The van der Waals surface area contributed by atoms with Crippen LogP contribution in [0, 0.1) is 5.41 Å². The van der Waals surface area contributed by atoms with Crippen molar-refractivity contribution >= 4 is 10.0 Å². The Hall–Kier alpha value is -0.910. The molecule has 18 heavy (non-hydrogen) atoms. The minimum absolute atomic E-state index is 0.0845. The molecule has 1 atom stereocenters. The van der Waals surface area contributed by atoms with Crippen LogP contribution in [0.5, 0.6) is 0 Å². The van der Waals surface area contributed by atoms with E-state index in [0.717, 1.165) is 5.56 Å². The van der Waals surface area contributed by atoms with Crippen LogP contribution in [0.2, 0.25) is 0 Å². The van der Waals surface area contributed by atoms with Gasteiger partial charge in [0.2, 0.25) is 10.0 Å². The van der Waals surface area contributed by atoms with Crippen molar-refractivity contribution < 1.29 is 8.42 Å². The van der Waals surface area contributed by atoms with Gasteiger partial charge >= 0.3 is 0 Å². The van der Waals surface area contributed by atoms with E-state index >= 15 is 0 Å². The van der Waals surface area contributed by atoms with E-state index in [1.165, 1.54) is 0 Å². The lowest BCUT2D eigenvalue weighted by atomic mass is 9.98. The van der Waals surface area contributed by atoms with Crippen molar-refractivity contribution in [1.29, 1.82) is 0 Å². The fraction of sp³-hybridized carbons (Fsp3) is 0.538. The van der Waals surface area contributed by atoms with Crippen LogP contribution in [-0.2, 0) is 10.0 Å². The molecule has 1 rings (SSSR count). The SMILES string of the molecule is CC(N)c1ccc(S(=O)(=O)NCC(C)(C)C)cc1. The summed E-state index contributed by atoms with van der Waals surface area (Å²) in [6.07, 6.45) is 0. The highest BCUT2D eigenvalue weighted by atomic mass is 32.2. The molecule has 1 aromatic carbocycles. The second kappa shape index (κ2) is 5.38. The quantitative estimate of drug-likeness (QED) is 0.879. The molecule has 0 aromatic heterocycles. The summed E-state index contributed by atoms with van der Waals surface area (Å²) < 4.78 is 26.6. The second-order valence-corrected chi connectivity index (χ2v) is 7.51. The molecular weight excluding hydrogens is 248 g/mol. The van der Waals surface area contributed by atoms with Gasteiger partial charge in [0.1, 0.15) is 0 Å². The molecule has 3 N–H and O–H groups in total. The Morgan fingerprint density at radius 1 is 1.22 bits per heavy atom. The molecule has 0 aliphatic rings. The van der Waals surface area contributed by atoms with Gasteiger partial charge in [0, 0.05) is 12.6 Å². The number of nitrogens with two attached hydrogens (primary N) is 1. The summed E-state index contributed by atoms with van der Waals surface area (Å²) >= 11 is 0. The highest BCUT2D eigenvalue weighted by molar-refractivity contribution is 7.89. The van der Waals surface area contributed by atoms with Gasteiger partial charge < -0.3 is 5.73 Å². The Kier molecular flexibility index (Phi) is 4.53. The smallest absolute Gasteiger partial charge is 0.240 e. The van der Waals surface area contributed by atoms with Gasteiger partial charge in [-0.2, -0.15) is 0 Å². The van der Waals surface area contributed by atoms with E-state index in [0.29, 0.717) is 6.54 Å². The third kappa shape index (κ3) is 4.40. The van der Waals surface area contributed by atoms with Crippen LogP contribution >= 0.6 is 0 Å². The molecule has 0 aliphatic carbocycles. The Bertz CT molecular complexity index is 485. The van der Waals surface area contributed by atoms with Crippen LogP contribution in [0.15, 0.2) is 29.2 Å². The lowest BCUT2D eigenvalue weighted by Crippen LogP contribution is -2.32. The molecule has 0 saturated heterocycles. The Morgan fingerprint density at radius 3 is 2.11 bits per heavy atom. The minimum atomic E-state index is -3.43. The van der Waals surface area contributed by atoms with Crippen LogP contribution in [-0.4, -0.2) is 15.0 Å². The van der Waals surface area contributed by atoms with Gasteiger partial charge in [0.25, 0.3) is 0 Å². The average molecular weight is 270 g/mol. The standard InChI is InChI=1S/C13H22N2O2S/c1-10(14)11-5-7-12(8-6-11)18(16,17)15-9-13(2,3)4/h5-8,10,15H,9,14H2,1-4H3. The zero-order valence-electron chi connectivity index (χ0n) is 11.4. The maximum Gasteiger partial charge on any atom is 0.240 e. The summed E-state index contributed by atoms with van der Waals surface area (Å²) in [5.41, 5.74) is 6.56. The van der Waals surface area contributed by atoms with Crippen molar-refractivity contribution in [2.75, 3.05) is 6.54 Å². The number of hydrogen-bond acceptors (Lipinski definition) is 3. The molecule has 4 nitrogen and oxygen atoms in total. The van der Waals surface area contributed by atoms with Crippen LogP contribution in [0.25, 0.3) is 0 Å². The van der Waals surface area contributed by atoms with E-state index in [4.69, 9.17) is 5.73 Å². The molecule has 0 saturated carbocycles. The average Bonchev–Trinajstić information content (AvgIpc) is 2.26. The predicted octanol–water partition coefficient (Wildman–Crippen LogP) is 2.03. The minimum Gasteiger partial charge on any atom is -0.324 e. The first-order valence-electron chi connectivity index (χ1n) is 5.97. The summed E-state index contributed by atoms with van der Waals surface area (Å²) in [4.78, 5) is 0.274. The van der Waals surface area contributed by atoms with E-state index < -0.39 is 10.0 Å². The largest absolute Gasteiger partial charge is 0.324 e. The molecule has 1 unspecified atom stereocenters. The van der Waals surface area contributed by atoms with Gasteiger partial charge in [-0.25, -0.2) is 13.1 Å². The fourth-order valence-electron chi connectivity index (χ4n) is 1.35. The van der Waals surface area contributed by atoms with E-state index in [9.17, 15) is 8.42 Å². The second-order valence-electron chi connectivity index (χ2n) is 5.74. The third-order valence-electron chi connectivity index (χ3n) is 2.51. The summed E-state index contributed by atoms with van der Waals surface area (Å²) in [5.74, 6) is 0. The summed E-state index contributed by atoms with van der Waals surface area (Å²) in [5, 5.41) is 0. The topological polar surface area (TPSA) is 72.2 Å². The molecule has 0 fully saturated rings. The van der Waals surface area contributed by atoms with Crippen LogP contribution in [0.3, 0.4) is 0 Å². The van der Waals surface area contributed by atoms with Crippen molar-refractivity contribution in [3.8, 4) is 0 Å². The van der Waals surface area contributed by atoms with Crippen LogP contribution < -0.4 is 10.5 Å². The first-order valence-corrected chi connectivity index (χ1v) is 7.45. The predicted molar refractivity (Wildman–Crippen MR) is 73.7 cm³/mol. The van der Waals surface area contributed by atoms with E-state index in [2.05, 4.69) is 4.72 Å². The Labute approximate surface area is 110 Å². The van der Waals surface area contributed by atoms with Crippen LogP contribution in [0.1, 0.15) is 39.3 Å². The van der Waals surface area contributed by atoms with Crippen molar-refractivity contribution in [2.24, 2.45) is 11.1 Å². The summed E-state index contributed by atoms with van der Waals surface area (Å²) in [6.45, 7) is 8.21. The van der Waals surface area contributed by atoms with E-state index in [-0.39, 0.29) is 16.4 Å². The van der Waals surface area contributed by atoms with Crippen molar-refractivity contribution in [3.05, 3.63) is 29.8 Å². The van der Waals surface area contributed by atoms with Gasteiger partial charge in [-0.15, -0.1) is 0 Å². The highest BCUT2D eigenvalue weighted by Crippen LogP contribution is 2.16. The molecule has 0 bridgehead atoms. The molecule has 5 heteroatoms. The fourth-order valence-corrected chi connectivity index (χ4v) is 2.63. The van der Waals surface area contributed by atoms with Gasteiger partial charge in [-0.1, -0.05) is 32.9 Å². The Balaban J connectivity index is 2.86. The molecule has 0 aliphatic heterocycles. The number of sulfonamides is 1. The molecule has 0 spiro atoms. The zero-order chi connectivity index (χ0) is 14.0. The van der Waals surface area contributed by atoms with Crippen molar-refractivity contribution in [2.45, 2.75) is 38.6 Å². The summed E-state index contributed by atoms with van der Waals surface area (Å²) in [7, 11) is -3.43.